The van der Waals surface area contributed by atoms with Crippen LogP contribution in [0.2, 0.25) is 0 Å². The molecule has 0 spiro atoms. The van der Waals surface area contributed by atoms with Gasteiger partial charge in [0.2, 0.25) is 0 Å². The number of anilines is 2. The number of carbonyl (C=O) groups is 1. The first-order chi connectivity index (χ1) is 10.1. The maximum absolute atomic E-state index is 12.6. The van der Waals surface area contributed by atoms with Crippen LogP contribution in [-0.4, -0.2) is 32.2 Å². The molecule has 6 nitrogen and oxygen atoms in total. The number of nitrogens with zero attached hydrogens (tertiary/aromatic N) is 2. The van der Waals surface area contributed by atoms with Crippen molar-refractivity contribution in [1.82, 2.24) is 4.98 Å². The van der Waals surface area contributed by atoms with Crippen molar-refractivity contribution in [1.29, 1.82) is 0 Å². The zero-order valence-corrected chi connectivity index (χ0v) is 12.2. The molecule has 2 aromatic rings. The summed E-state index contributed by atoms with van der Waals surface area (Å²) in [6, 6.07) is 6.72. The summed E-state index contributed by atoms with van der Waals surface area (Å²) in [5.74, 6) is 0.657. The zero-order chi connectivity index (χ0) is 15.4. The second-order valence-electron chi connectivity index (χ2n) is 4.36. The maximum Gasteiger partial charge on any atom is 0.260 e. The molecule has 0 radical (unpaired) electrons. The normalized spacial score (nSPS) is 10.0. The Kier molecular flexibility index (Phi) is 4.27. The first kappa shape index (κ1) is 14.6. The SMILES string of the molecule is COc1cc(OC)c(N)c(C(=O)N(C)c2ccncc2)c1. The lowest BCUT2D eigenvalue weighted by Gasteiger charge is -2.19. The number of nitrogens with two attached hydrogens (primary N) is 1. The average Bonchev–Trinajstić information content (AvgIpc) is 2.54. The molecule has 1 aromatic carbocycles. The van der Waals surface area contributed by atoms with Crippen LogP contribution in [-0.2, 0) is 0 Å². The second-order valence-corrected chi connectivity index (χ2v) is 4.36. The van der Waals surface area contributed by atoms with Gasteiger partial charge in [0, 0.05) is 31.2 Å². The highest BCUT2D eigenvalue weighted by atomic mass is 16.5. The molecule has 1 heterocycles. The Morgan fingerprint density at radius 2 is 1.86 bits per heavy atom. The average molecular weight is 287 g/mol. The highest BCUT2D eigenvalue weighted by Gasteiger charge is 2.20. The van der Waals surface area contributed by atoms with Crippen LogP contribution < -0.4 is 20.1 Å². The maximum atomic E-state index is 12.6. The minimum atomic E-state index is -0.254. The summed E-state index contributed by atoms with van der Waals surface area (Å²) in [6.45, 7) is 0. The van der Waals surface area contributed by atoms with Crippen LogP contribution in [0.15, 0.2) is 36.7 Å². The summed E-state index contributed by atoms with van der Waals surface area (Å²) in [6.07, 6.45) is 3.24. The number of benzene rings is 1. The Hall–Kier alpha value is -2.76. The molecule has 6 heteroatoms. The number of carbonyl (C=O) groups excluding carboxylic acids is 1. The van der Waals surface area contributed by atoms with Crippen molar-refractivity contribution in [3.05, 3.63) is 42.2 Å². The Morgan fingerprint density at radius 1 is 1.19 bits per heavy atom. The van der Waals surface area contributed by atoms with Crippen LogP contribution in [0.5, 0.6) is 11.5 Å². The highest BCUT2D eigenvalue weighted by Crippen LogP contribution is 2.32. The van der Waals surface area contributed by atoms with E-state index in [0.29, 0.717) is 17.1 Å². The molecule has 21 heavy (non-hydrogen) atoms. The lowest BCUT2D eigenvalue weighted by Crippen LogP contribution is -2.27. The fraction of sp³-hybridized carbons (Fsp3) is 0.200. The van der Waals surface area contributed by atoms with E-state index in [2.05, 4.69) is 4.98 Å². The number of hydrogen-bond donors (Lipinski definition) is 1. The number of pyridine rings is 1. The summed E-state index contributed by atoms with van der Waals surface area (Å²) in [5.41, 5.74) is 7.32. The van der Waals surface area contributed by atoms with Crippen molar-refractivity contribution in [2.24, 2.45) is 0 Å². The molecule has 0 aliphatic rings. The Labute approximate surface area is 123 Å². The lowest BCUT2D eigenvalue weighted by atomic mass is 10.1. The molecule has 0 aliphatic carbocycles. The standard InChI is InChI=1S/C15H17N3O3/c1-18(10-4-6-17-7-5-10)15(19)12-8-11(20-2)9-13(21-3)14(12)16/h4-9H,16H2,1-3H3. The Morgan fingerprint density at radius 3 is 2.43 bits per heavy atom. The molecule has 0 aliphatic heterocycles. The number of nitrogen functional groups attached to an aromatic ring is 1. The van der Waals surface area contributed by atoms with Gasteiger partial charge in [-0.1, -0.05) is 0 Å². The fourth-order valence-electron chi connectivity index (χ4n) is 1.93. The minimum Gasteiger partial charge on any atom is -0.497 e. The van der Waals surface area contributed by atoms with Crippen LogP contribution in [0.4, 0.5) is 11.4 Å². The van der Waals surface area contributed by atoms with Crippen LogP contribution in [0, 0.1) is 0 Å². The predicted molar refractivity (Wildman–Crippen MR) is 80.9 cm³/mol. The summed E-state index contributed by atoms with van der Waals surface area (Å²) in [5, 5.41) is 0. The van der Waals surface area contributed by atoms with E-state index in [9.17, 15) is 4.79 Å². The molecule has 1 aromatic heterocycles. The molecule has 110 valence electrons. The second kappa shape index (κ2) is 6.13. The van der Waals surface area contributed by atoms with Gasteiger partial charge in [0.25, 0.3) is 5.91 Å². The fourth-order valence-corrected chi connectivity index (χ4v) is 1.93. The third-order valence-electron chi connectivity index (χ3n) is 3.16. The summed E-state index contributed by atoms with van der Waals surface area (Å²) in [7, 11) is 4.68. The number of aromatic nitrogens is 1. The molecule has 1 amide bonds. The van der Waals surface area contributed by atoms with E-state index in [1.54, 1.807) is 43.7 Å². The number of ether oxygens (including phenoxy) is 2. The smallest absolute Gasteiger partial charge is 0.260 e. The first-order valence-electron chi connectivity index (χ1n) is 6.28. The van der Waals surface area contributed by atoms with Gasteiger partial charge in [0.05, 0.1) is 25.5 Å². The van der Waals surface area contributed by atoms with Crippen molar-refractivity contribution in [3.8, 4) is 11.5 Å². The highest BCUT2D eigenvalue weighted by molar-refractivity contribution is 6.10. The molecular weight excluding hydrogens is 270 g/mol. The first-order valence-corrected chi connectivity index (χ1v) is 6.28. The minimum absolute atomic E-state index is 0.254. The zero-order valence-electron chi connectivity index (χ0n) is 12.2. The van der Waals surface area contributed by atoms with Crippen molar-refractivity contribution >= 4 is 17.3 Å². The third kappa shape index (κ3) is 2.89. The largest absolute Gasteiger partial charge is 0.497 e. The number of rotatable bonds is 4. The Bertz CT molecular complexity index is 644. The van der Waals surface area contributed by atoms with E-state index in [1.165, 1.54) is 19.1 Å². The van der Waals surface area contributed by atoms with Gasteiger partial charge in [-0.3, -0.25) is 9.78 Å². The van der Waals surface area contributed by atoms with E-state index in [4.69, 9.17) is 15.2 Å². The van der Waals surface area contributed by atoms with Gasteiger partial charge >= 0.3 is 0 Å². The Balaban J connectivity index is 2.43. The van der Waals surface area contributed by atoms with E-state index < -0.39 is 0 Å². The van der Waals surface area contributed by atoms with Crippen LogP contribution >= 0.6 is 0 Å². The van der Waals surface area contributed by atoms with Gasteiger partial charge in [-0.05, 0) is 18.2 Å². The molecule has 0 fully saturated rings. The topological polar surface area (TPSA) is 77.7 Å². The van der Waals surface area contributed by atoms with Crippen LogP contribution in [0.1, 0.15) is 10.4 Å². The number of hydrogen-bond acceptors (Lipinski definition) is 5. The molecule has 0 atom stereocenters. The quantitative estimate of drug-likeness (QED) is 0.870. The monoisotopic (exact) mass is 287 g/mol. The van der Waals surface area contributed by atoms with Gasteiger partial charge in [0.15, 0.2) is 0 Å². The van der Waals surface area contributed by atoms with Crippen molar-refractivity contribution in [2.45, 2.75) is 0 Å². The van der Waals surface area contributed by atoms with E-state index in [0.717, 1.165) is 5.69 Å². The van der Waals surface area contributed by atoms with E-state index in [1.807, 2.05) is 0 Å². The van der Waals surface area contributed by atoms with Gasteiger partial charge in [-0.15, -0.1) is 0 Å². The lowest BCUT2D eigenvalue weighted by molar-refractivity contribution is 0.0993. The van der Waals surface area contributed by atoms with Gasteiger partial charge in [-0.2, -0.15) is 0 Å². The number of amides is 1. The summed E-state index contributed by atoms with van der Waals surface area (Å²) >= 11 is 0. The molecule has 2 rings (SSSR count). The van der Waals surface area contributed by atoms with Crippen LogP contribution in [0.3, 0.4) is 0 Å². The molecular formula is C15H17N3O3. The molecule has 0 unspecified atom stereocenters. The van der Waals surface area contributed by atoms with Gasteiger partial charge < -0.3 is 20.1 Å². The van der Waals surface area contributed by atoms with Crippen molar-refractivity contribution in [2.75, 3.05) is 31.9 Å². The van der Waals surface area contributed by atoms with E-state index in [-0.39, 0.29) is 11.6 Å². The molecule has 0 saturated heterocycles. The van der Waals surface area contributed by atoms with E-state index >= 15 is 0 Å². The molecule has 0 bridgehead atoms. The summed E-state index contributed by atoms with van der Waals surface area (Å²) < 4.78 is 10.3. The third-order valence-corrected chi connectivity index (χ3v) is 3.16. The molecule has 0 saturated carbocycles. The van der Waals surface area contributed by atoms with Gasteiger partial charge in [-0.25, -0.2) is 0 Å². The summed E-state index contributed by atoms with van der Waals surface area (Å²) in [4.78, 5) is 18.0. The van der Waals surface area contributed by atoms with Crippen LogP contribution in [0.25, 0.3) is 0 Å². The van der Waals surface area contributed by atoms with Crippen molar-refractivity contribution < 1.29 is 14.3 Å². The van der Waals surface area contributed by atoms with Crippen molar-refractivity contribution in [3.63, 3.8) is 0 Å². The number of methoxy groups -OCH3 is 2. The molecule has 2 N–H and O–H groups in total. The van der Waals surface area contributed by atoms with Gasteiger partial charge in [0.1, 0.15) is 11.5 Å². The predicted octanol–water partition coefficient (Wildman–Crippen LogP) is 1.96.